The summed E-state index contributed by atoms with van der Waals surface area (Å²) < 4.78 is 0. The van der Waals surface area contributed by atoms with Crippen LogP contribution in [0.4, 0.5) is 4.79 Å². The van der Waals surface area contributed by atoms with E-state index in [9.17, 15) is 4.79 Å². The maximum absolute atomic E-state index is 12.0. The van der Waals surface area contributed by atoms with Crippen LogP contribution < -0.4 is 5.32 Å². The lowest BCUT2D eigenvalue weighted by Gasteiger charge is -2.34. The highest BCUT2D eigenvalue weighted by Gasteiger charge is 2.26. The fourth-order valence-corrected chi connectivity index (χ4v) is 3.07. The molecule has 0 saturated heterocycles. The standard InChI is InChI=1S/C13H26N2O2S/c1-10(9-18-3)14-13(17)15(2)12-6-4-11(8-16)5-7-12/h10-12,16H,4-9H2,1-3H3,(H,14,17). The molecule has 0 aromatic carbocycles. The summed E-state index contributed by atoms with van der Waals surface area (Å²) in [4.78, 5) is 13.9. The maximum Gasteiger partial charge on any atom is 0.317 e. The van der Waals surface area contributed by atoms with Gasteiger partial charge in [-0.05, 0) is 44.8 Å². The van der Waals surface area contributed by atoms with Gasteiger partial charge in [-0.15, -0.1) is 0 Å². The highest BCUT2D eigenvalue weighted by molar-refractivity contribution is 7.98. The molecule has 4 nitrogen and oxygen atoms in total. The number of carbonyl (C=O) groups excluding carboxylic acids is 1. The molecular formula is C13H26N2O2S. The maximum atomic E-state index is 12.0. The van der Waals surface area contributed by atoms with E-state index < -0.39 is 0 Å². The normalized spacial score (nSPS) is 25.6. The zero-order valence-electron chi connectivity index (χ0n) is 11.7. The molecule has 0 aromatic rings. The molecule has 5 heteroatoms. The Balaban J connectivity index is 2.35. The zero-order chi connectivity index (χ0) is 13.5. The molecule has 0 aromatic heterocycles. The first-order valence-corrected chi connectivity index (χ1v) is 8.11. The predicted octanol–water partition coefficient (Wildman–Crippen LogP) is 1.93. The smallest absolute Gasteiger partial charge is 0.317 e. The molecule has 1 fully saturated rings. The van der Waals surface area contributed by atoms with Crippen LogP contribution in [0.25, 0.3) is 0 Å². The topological polar surface area (TPSA) is 52.6 Å². The van der Waals surface area contributed by atoms with E-state index in [2.05, 4.69) is 5.32 Å². The third-order valence-electron chi connectivity index (χ3n) is 3.73. The summed E-state index contributed by atoms with van der Waals surface area (Å²) in [6.45, 7) is 2.32. The van der Waals surface area contributed by atoms with Crippen LogP contribution in [-0.4, -0.2) is 53.8 Å². The van der Waals surface area contributed by atoms with Crippen LogP contribution >= 0.6 is 11.8 Å². The molecule has 0 aliphatic heterocycles. The van der Waals surface area contributed by atoms with Gasteiger partial charge in [0.1, 0.15) is 0 Å². The van der Waals surface area contributed by atoms with Crippen LogP contribution in [0.5, 0.6) is 0 Å². The second-order valence-electron chi connectivity index (χ2n) is 5.27. The van der Waals surface area contributed by atoms with Crippen LogP contribution in [-0.2, 0) is 0 Å². The zero-order valence-corrected chi connectivity index (χ0v) is 12.5. The van der Waals surface area contributed by atoms with Gasteiger partial charge in [0.15, 0.2) is 0 Å². The van der Waals surface area contributed by atoms with Crippen molar-refractivity contribution in [3.8, 4) is 0 Å². The summed E-state index contributed by atoms with van der Waals surface area (Å²) in [5.41, 5.74) is 0. The number of aliphatic hydroxyl groups excluding tert-OH is 1. The van der Waals surface area contributed by atoms with Gasteiger partial charge in [-0.25, -0.2) is 4.79 Å². The first-order chi connectivity index (χ1) is 8.58. The van der Waals surface area contributed by atoms with Crippen molar-refractivity contribution in [1.82, 2.24) is 10.2 Å². The molecule has 2 N–H and O–H groups in total. The van der Waals surface area contributed by atoms with Gasteiger partial charge >= 0.3 is 6.03 Å². The molecule has 1 aliphatic carbocycles. The molecule has 1 rings (SSSR count). The SMILES string of the molecule is CSCC(C)NC(=O)N(C)C1CCC(CO)CC1. The molecule has 0 radical (unpaired) electrons. The van der Waals surface area contributed by atoms with Crippen LogP contribution in [0, 0.1) is 5.92 Å². The van der Waals surface area contributed by atoms with E-state index in [1.165, 1.54) is 0 Å². The molecule has 0 spiro atoms. The monoisotopic (exact) mass is 274 g/mol. The van der Waals surface area contributed by atoms with Gasteiger partial charge in [0.05, 0.1) is 0 Å². The van der Waals surface area contributed by atoms with E-state index in [1.807, 2.05) is 25.1 Å². The number of thioether (sulfide) groups is 1. The van der Waals surface area contributed by atoms with Crippen molar-refractivity contribution >= 4 is 17.8 Å². The molecule has 2 amide bonds. The van der Waals surface area contributed by atoms with Crippen molar-refractivity contribution in [2.24, 2.45) is 5.92 Å². The van der Waals surface area contributed by atoms with E-state index in [0.717, 1.165) is 31.4 Å². The number of rotatable bonds is 5. The summed E-state index contributed by atoms with van der Waals surface area (Å²) in [5, 5.41) is 12.1. The minimum Gasteiger partial charge on any atom is -0.396 e. The molecule has 1 unspecified atom stereocenters. The Bertz CT molecular complexity index is 255. The Kier molecular flexibility index (Phi) is 6.86. The molecule has 1 atom stereocenters. The molecule has 1 aliphatic rings. The second kappa shape index (κ2) is 7.89. The summed E-state index contributed by atoms with van der Waals surface area (Å²) >= 11 is 1.74. The lowest BCUT2D eigenvalue weighted by Crippen LogP contribution is -2.48. The lowest BCUT2D eigenvalue weighted by molar-refractivity contribution is 0.133. The Labute approximate surface area is 115 Å². The van der Waals surface area contributed by atoms with Gasteiger partial charge < -0.3 is 15.3 Å². The number of nitrogens with zero attached hydrogens (tertiary/aromatic N) is 1. The minimum absolute atomic E-state index is 0.0315. The molecule has 106 valence electrons. The van der Waals surface area contributed by atoms with E-state index >= 15 is 0 Å². The third-order valence-corrected chi connectivity index (χ3v) is 4.56. The highest BCUT2D eigenvalue weighted by atomic mass is 32.2. The Hall–Kier alpha value is -0.420. The van der Waals surface area contributed by atoms with Crippen molar-refractivity contribution in [2.45, 2.75) is 44.7 Å². The average Bonchev–Trinajstić information content (AvgIpc) is 2.38. The third kappa shape index (κ3) is 4.69. The summed E-state index contributed by atoms with van der Waals surface area (Å²) in [6.07, 6.45) is 6.11. The van der Waals surface area contributed by atoms with Crippen molar-refractivity contribution in [3.63, 3.8) is 0 Å². The summed E-state index contributed by atoms with van der Waals surface area (Å²) in [7, 11) is 1.88. The fourth-order valence-electron chi connectivity index (χ4n) is 2.48. The highest BCUT2D eigenvalue weighted by Crippen LogP contribution is 2.26. The number of hydrogen-bond acceptors (Lipinski definition) is 3. The summed E-state index contributed by atoms with van der Waals surface area (Å²) in [6, 6.07) is 0.571. The van der Waals surface area contributed by atoms with E-state index in [4.69, 9.17) is 5.11 Å². The van der Waals surface area contributed by atoms with Crippen LogP contribution in [0.3, 0.4) is 0 Å². The molecular weight excluding hydrogens is 248 g/mol. The quantitative estimate of drug-likeness (QED) is 0.805. The van der Waals surface area contributed by atoms with Crippen LogP contribution in [0.2, 0.25) is 0 Å². The number of amides is 2. The van der Waals surface area contributed by atoms with E-state index in [0.29, 0.717) is 12.0 Å². The molecule has 18 heavy (non-hydrogen) atoms. The van der Waals surface area contributed by atoms with Crippen LogP contribution in [0.1, 0.15) is 32.6 Å². The number of aliphatic hydroxyl groups is 1. The van der Waals surface area contributed by atoms with Gasteiger partial charge in [-0.1, -0.05) is 0 Å². The van der Waals surface area contributed by atoms with Gasteiger partial charge in [0.25, 0.3) is 0 Å². The fraction of sp³-hybridized carbons (Fsp3) is 0.923. The average molecular weight is 274 g/mol. The lowest BCUT2D eigenvalue weighted by atomic mass is 9.86. The Morgan fingerprint density at radius 2 is 2.06 bits per heavy atom. The van der Waals surface area contributed by atoms with Crippen molar-refractivity contribution in [2.75, 3.05) is 25.7 Å². The number of carbonyl (C=O) groups is 1. The van der Waals surface area contributed by atoms with E-state index in [1.54, 1.807) is 11.8 Å². The largest absolute Gasteiger partial charge is 0.396 e. The van der Waals surface area contributed by atoms with Crippen molar-refractivity contribution < 1.29 is 9.90 Å². The first-order valence-electron chi connectivity index (χ1n) is 6.71. The van der Waals surface area contributed by atoms with Gasteiger partial charge in [-0.3, -0.25) is 0 Å². The number of urea groups is 1. The van der Waals surface area contributed by atoms with Crippen molar-refractivity contribution in [3.05, 3.63) is 0 Å². The van der Waals surface area contributed by atoms with Gasteiger partial charge in [0, 0.05) is 31.5 Å². The van der Waals surface area contributed by atoms with Crippen LogP contribution in [0.15, 0.2) is 0 Å². The van der Waals surface area contributed by atoms with E-state index in [-0.39, 0.29) is 18.7 Å². The first kappa shape index (κ1) is 15.6. The Morgan fingerprint density at radius 3 is 2.56 bits per heavy atom. The Morgan fingerprint density at radius 1 is 1.44 bits per heavy atom. The second-order valence-corrected chi connectivity index (χ2v) is 6.18. The van der Waals surface area contributed by atoms with Gasteiger partial charge in [0.2, 0.25) is 0 Å². The minimum atomic E-state index is 0.0315. The molecule has 0 heterocycles. The predicted molar refractivity (Wildman–Crippen MR) is 77.0 cm³/mol. The number of hydrogen-bond donors (Lipinski definition) is 2. The number of nitrogens with one attached hydrogen (secondary N) is 1. The van der Waals surface area contributed by atoms with Crippen molar-refractivity contribution in [1.29, 1.82) is 0 Å². The summed E-state index contributed by atoms with van der Waals surface area (Å²) in [5.74, 6) is 1.38. The molecule has 0 bridgehead atoms. The molecule has 1 saturated carbocycles. The van der Waals surface area contributed by atoms with Gasteiger partial charge in [-0.2, -0.15) is 11.8 Å².